The molecule has 0 heterocycles. The van der Waals surface area contributed by atoms with E-state index in [9.17, 15) is 5.11 Å². The molecule has 0 radical (unpaired) electrons. The van der Waals surface area contributed by atoms with Crippen molar-refractivity contribution in [2.75, 3.05) is 0 Å². The van der Waals surface area contributed by atoms with Crippen LogP contribution < -0.4 is 5.90 Å². The molecule has 2 rings (SSSR count). The second kappa shape index (κ2) is 10.1. The van der Waals surface area contributed by atoms with Gasteiger partial charge in [0, 0.05) is 5.56 Å². The molecule has 1 aromatic carbocycles. The van der Waals surface area contributed by atoms with Crippen LogP contribution in [0.15, 0.2) is 53.6 Å². The Morgan fingerprint density at radius 2 is 1.88 bits per heavy atom. The SMILES string of the molecule is CCCCCCCCC1=CC=CC(ON)C1=Cc1ccccc1O. The summed E-state index contributed by atoms with van der Waals surface area (Å²) in [5.74, 6) is 5.75. The van der Waals surface area contributed by atoms with Gasteiger partial charge in [0.25, 0.3) is 0 Å². The Morgan fingerprint density at radius 3 is 2.62 bits per heavy atom. The summed E-state index contributed by atoms with van der Waals surface area (Å²) in [4.78, 5) is 5.13. The van der Waals surface area contributed by atoms with Gasteiger partial charge in [0.15, 0.2) is 0 Å². The number of hydrogen-bond donors (Lipinski definition) is 2. The molecule has 0 fully saturated rings. The lowest BCUT2D eigenvalue weighted by Gasteiger charge is -2.21. The minimum atomic E-state index is -0.260. The molecule has 0 saturated heterocycles. The molecule has 0 saturated carbocycles. The topological polar surface area (TPSA) is 55.5 Å². The van der Waals surface area contributed by atoms with Crippen LogP contribution in [0.2, 0.25) is 0 Å². The van der Waals surface area contributed by atoms with E-state index in [4.69, 9.17) is 10.7 Å². The zero-order valence-electron chi connectivity index (χ0n) is 14.6. The van der Waals surface area contributed by atoms with Gasteiger partial charge in [-0.25, -0.2) is 5.90 Å². The highest BCUT2D eigenvalue weighted by Gasteiger charge is 2.18. The minimum absolute atomic E-state index is 0.260. The maximum atomic E-state index is 10.0. The third-order valence-corrected chi connectivity index (χ3v) is 4.45. The lowest BCUT2D eigenvalue weighted by Crippen LogP contribution is -2.20. The van der Waals surface area contributed by atoms with Crippen LogP contribution in [-0.4, -0.2) is 11.2 Å². The second-order valence-electron chi connectivity index (χ2n) is 6.31. The molecule has 24 heavy (non-hydrogen) atoms. The van der Waals surface area contributed by atoms with Crippen LogP contribution in [0.1, 0.15) is 57.4 Å². The lowest BCUT2D eigenvalue weighted by molar-refractivity contribution is 0.111. The van der Waals surface area contributed by atoms with E-state index < -0.39 is 0 Å². The van der Waals surface area contributed by atoms with Crippen molar-refractivity contribution in [1.82, 2.24) is 0 Å². The van der Waals surface area contributed by atoms with Gasteiger partial charge in [0.1, 0.15) is 11.9 Å². The highest BCUT2D eigenvalue weighted by atomic mass is 16.6. The third-order valence-electron chi connectivity index (χ3n) is 4.45. The first-order valence-electron chi connectivity index (χ1n) is 8.99. The molecule has 3 heteroatoms. The number of allylic oxidation sites excluding steroid dienone is 2. The average Bonchev–Trinajstić information content (AvgIpc) is 2.61. The van der Waals surface area contributed by atoms with Crippen LogP contribution in [0.5, 0.6) is 5.75 Å². The van der Waals surface area contributed by atoms with E-state index in [-0.39, 0.29) is 11.9 Å². The summed E-state index contributed by atoms with van der Waals surface area (Å²) in [6.07, 6.45) is 16.5. The molecule has 3 N–H and O–H groups in total. The summed E-state index contributed by atoms with van der Waals surface area (Å²) in [6.45, 7) is 2.24. The normalized spacial score (nSPS) is 18.8. The lowest BCUT2D eigenvalue weighted by atomic mass is 9.89. The smallest absolute Gasteiger partial charge is 0.122 e. The predicted molar refractivity (Wildman–Crippen MR) is 100 cm³/mol. The molecule has 1 aliphatic rings. The number of aromatic hydroxyl groups is 1. The summed E-state index contributed by atoms with van der Waals surface area (Å²) in [5, 5.41) is 10.0. The van der Waals surface area contributed by atoms with Crippen LogP contribution in [-0.2, 0) is 4.84 Å². The Kier molecular flexibility index (Phi) is 7.80. The molecule has 1 unspecified atom stereocenters. The van der Waals surface area contributed by atoms with Crippen LogP contribution in [0.4, 0.5) is 0 Å². The third kappa shape index (κ3) is 5.36. The zero-order valence-corrected chi connectivity index (χ0v) is 14.6. The van der Waals surface area contributed by atoms with Crippen molar-refractivity contribution in [2.45, 2.75) is 58.0 Å². The molecule has 0 aromatic heterocycles. The largest absolute Gasteiger partial charge is 0.507 e. The number of unbranched alkanes of at least 4 members (excludes halogenated alkanes) is 5. The number of phenolic OH excluding ortho intramolecular Hbond substituents is 1. The summed E-state index contributed by atoms with van der Waals surface area (Å²) in [7, 11) is 0. The van der Waals surface area contributed by atoms with E-state index in [1.807, 2.05) is 36.4 Å². The van der Waals surface area contributed by atoms with Gasteiger partial charge in [-0.1, -0.05) is 69.4 Å². The summed E-state index contributed by atoms with van der Waals surface area (Å²) >= 11 is 0. The number of nitrogens with two attached hydrogens (primary N) is 1. The van der Waals surface area contributed by atoms with Gasteiger partial charge in [0.05, 0.1) is 0 Å². The van der Waals surface area contributed by atoms with Crippen LogP contribution >= 0.6 is 0 Å². The molecule has 0 bridgehead atoms. The van der Waals surface area contributed by atoms with Gasteiger partial charge in [-0.2, -0.15) is 0 Å². The maximum absolute atomic E-state index is 10.0. The average molecular weight is 327 g/mol. The number of hydrogen-bond acceptors (Lipinski definition) is 3. The van der Waals surface area contributed by atoms with E-state index in [0.717, 1.165) is 17.6 Å². The fourth-order valence-electron chi connectivity index (χ4n) is 3.05. The van der Waals surface area contributed by atoms with Crippen molar-refractivity contribution in [2.24, 2.45) is 5.90 Å². The van der Waals surface area contributed by atoms with E-state index in [2.05, 4.69) is 13.0 Å². The van der Waals surface area contributed by atoms with Crippen LogP contribution in [0, 0.1) is 0 Å². The van der Waals surface area contributed by atoms with Gasteiger partial charge >= 0.3 is 0 Å². The highest BCUT2D eigenvalue weighted by Crippen LogP contribution is 2.30. The van der Waals surface area contributed by atoms with Crippen molar-refractivity contribution in [3.63, 3.8) is 0 Å². The molecule has 1 aliphatic carbocycles. The molecular weight excluding hydrogens is 298 g/mol. The second-order valence-corrected chi connectivity index (χ2v) is 6.31. The summed E-state index contributed by atoms with van der Waals surface area (Å²) < 4.78 is 0. The molecule has 3 nitrogen and oxygen atoms in total. The number of phenols is 1. The molecule has 0 amide bonds. The van der Waals surface area contributed by atoms with Gasteiger partial charge in [-0.05, 0) is 42.2 Å². The fraction of sp³-hybridized carbons (Fsp3) is 0.429. The van der Waals surface area contributed by atoms with Crippen molar-refractivity contribution < 1.29 is 9.94 Å². The van der Waals surface area contributed by atoms with Crippen molar-refractivity contribution >= 4 is 6.08 Å². The van der Waals surface area contributed by atoms with Gasteiger partial charge < -0.3 is 5.11 Å². The monoisotopic (exact) mass is 327 g/mol. The van der Waals surface area contributed by atoms with E-state index >= 15 is 0 Å². The molecule has 0 spiro atoms. The van der Waals surface area contributed by atoms with Gasteiger partial charge in [-0.15, -0.1) is 0 Å². The van der Waals surface area contributed by atoms with Gasteiger partial charge in [-0.3, -0.25) is 4.84 Å². The van der Waals surface area contributed by atoms with E-state index in [0.29, 0.717) is 0 Å². The van der Waals surface area contributed by atoms with Crippen molar-refractivity contribution in [1.29, 1.82) is 0 Å². The number of para-hydroxylation sites is 1. The zero-order chi connectivity index (χ0) is 17.2. The quantitative estimate of drug-likeness (QED) is 0.479. The predicted octanol–water partition coefficient (Wildman–Crippen LogP) is 5.28. The Balaban J connectivity index is 2.05. The fourth-order valence-corrected chi connectivity index (χ4v) is 3.05. The van der Waals surface area contributed by atoms with Crippen molar-refractivity contribution in [3.05, 3.63) is 59.2 Å². The molecular formula is C21H29NO2. The van der Waals surface area contributed by atoms with Crippen molar-refractivity contribution in [3.8, 4) is 5.75 Å². The summed E-state index contributed by atoms with van der Waals surface area (Å²) in [5.41, 5.74) is 3.07. The molecule has 130 valence electrons. The Bertz CT molecular complexity index is 602. The Morgan fingerprint density at radius 1 is 1.12 bits per heavy atom. The first-order valence-corrected chi connectivity index (χ1v) is 8.99. The Hall–Kier alpha value is -1.84. The van der Waals surface area contributed by atoms with Gasteiger partial charge in [0.2, 0.25) is 0 Å². The standard InChI is InChI=1S/C21H29NO2/c1-2-3-4-5-6-7-11-17-13-10-15-21(24-22)19(17)16-18-12-8-9-14-20(18)23/h8-10,12-16,21,23H,2-7,11,22H2,1H3. The number of benzene rings is 1. The highest BCUT2D eigenvalue weighted by molar-refractivity contribution is 5.66. The van der Waals surface area contributed by atoms with Crippen LogP contribution in [0.25, 0.3) is 6.08 Å². The first kappa shape index (κ1) is 18.5. The minimum Gasteiger partial charge on any atom is -0.507 e. The van der Waals surface area contributed by atoms with E-state index in [1.54, 1.807) is 6.07 Å². The molecule has 1 atom stereocenters. The molecule has 1 aromatic rings. The maximum Gasteiger partial charge on any atom is 0.122 e. The number of rotatable bonds is 9. The molecule has 0 aliphatic heterocycles. The summed E-state index contributed by atoms with van der Waals surface area (Å²) in [6, 6.07) is 7.33. The first-order chi connectivity index (χ1) is 11.8. The Labute approximate surface area is 145 Å². The van der Waals surface area contributed by atoms with E-state index in [1.165, 1.54) is 44.1 Å². The van der Waals surface area contributed by atoms with Crippen LogP contribution in [0.3, 0.4) is 0 Å².